The molecule has 0 aliphatic carbocycles. The Kier molecular flexibility index (Phi) is 3.94. The van der Waals surface area contributed by atoms with Crippen molar-refractivity contribution in [2.45, 2.75) is 45.7 Å². The number of likely N-dealkylation sites (tertiary alicyclic amines) is 1. The molecule has 22 heavy (non-hydrogen) atoms. The van der Waals surface area contributed by atoms with E-state index in [-0.39, 0.29) is 17.9 Å². The summed E-state index contributed by atoms with van der Waals surface area (Å²) in [6.07, 6.45) is 2.00. The molecule has 1 aromatic heterocycles. The molecule has 0 unspecified atom stereocenters. The Morgan fingerprint density at radius 1 is 1.41 bits per heavy atom. The highest BCUT2D eigenvalue weighted by Gasteiger charge is 2.48. The van der Waals surface area contributed by atoms with Crippen molar-refractivity contribution in [3.63, 3.8) is 0 Å². The fourth-order valence-corrected chi connectivity index (χ4v) is 4.42. The van der Waals surface area contributed by atoms with Crippen molar-refractivity contribution >= 4 is 23.3 Å². The Balaban J connectivity index is 1.70. The predicted octanol–water partition coefficient (Wildman–Crippen LogP) is 1.57. The number of hydrogen-bond acceptors (Lipinski definition) is 5. The second-order valence-electron chi connectivity index (χ2n) is 6.43. The molecule has 120 valence electrons. The minimum atomic E-state index is -0.783. The first-order valence-electron chi connectivity index (χ1n) is 7.67. The maximum Gasteiger partial charge on any atom is 0.322 e. The van der Waals surface area contributed by atoms with Gasteiger partial charge < -0.3 is 5.32 Å². The van der Waals surface area contributed by atoms with Crippen molar-refractivity contribution < 1.29 is 9.59 Å². The van der Waals surface area contributed by atoms with E-state index < -0.39 is 5.54 Å². The van der Waals surface area contributed by atoms with Gasteiger partial charge in [0.05, 0.1) is 10.7 Å². The molecular formula is C15H22N4O2S. The lowest BCUT2D eigenvalue weighted by molar-refractivity contribution is -0.126. The van der Waals surface area contributed by atoms with E-state index >= 15 is 0 Å². The average molecular weight is 322 g/mol. The second-order valence-corrected chi connectivity index (χ2v) is 7.71. The number of aromatic nitrogens is 1. The molecule has 3 rings (SSSR count). The van der Waals surface area contributed by atoms with Crippen molar-refractivity contribution in [1.29, 1.82) is 0 Å². The molecule has 2 aliphatic heterocycles. The monoisotopic (exact) mass is 322 g/mol. The number of imide groups is 1. The molecule has 2 N–H and O–H groups in total. The summed E-state index contributed by atoms with van der Waals surface area (Å²) in [4.78, 5) is 31.7. The summed E-state index contributed by atoms with van der Waals surface area (Å²) >= 11 is 1.74. The number of hydrogen-bond donors (Lipinski definition) is 2. The van der Waals surface area contributed by atoms with Gasteiger partial charge in [-0.15, -0.1) is 11.3 Å². The van der Waals surface area contributed by atoms with E-state index in [2.05, 4.69) is 20.5 Å². The molecule has 2 saturated heterocycles. The quantitative estimate of drug-likeness (QED) is 0.829. The van der Waals surface area contributed by atoms with Crippen molar-refractivity contribution in [2.75, 3.05) is 13.1 Å². The number of urea groups is 1. The smallest absolute Gasteiger partial charge is 0.322 e. The lowest BCUT2D eigenvalue weighted by Crippen LogP contribution is -2.55. The molecule has 3 heterocycles. The van der Waals surface area contributed by atoms with Crippen LogP contribution in [0.2, 0.25) is 0 Å². The number of nitrogens with zero attached hydrogens (tertiary/aromatic N) is 2. The van der Waals surface area contributed by atoms with E-state index in [4.69, 9.17) is 0 Å². The van der Waals surface area contributed by atoms with Gasteiger partial charge in [0.25, 0.3) is 5.91 Å². The Morgan fingerprint density at radius 2 is 2.18 bits per heavy atom. The van der Waals surface area contributed by atoms with Crippen LogP contribution in [0.25, 0.3) is 0 Å². The molecule has 2 atom stereocenters. The van der Waals surface area contributed by atoms with Crippen molar-refractivity contribution in [3.05, 3.63) is 15.6 Å². The molecule has 0 spiro atoms. The maximum atomic E-state index is 12.1. The molecule has 2 aliphatic rings. The minimum Gasteiger partial charge on any atom is -0.323 e. The van der Waals surface area contributed by atoms with E-state index in [0.29, 0.717) is 0 Å². The van der Waals surface area contributed by atoms with Crippen LogP contribution < -0.4 is 10.6 Å². The standard InChI is InChI=1S/C15H22N4O2S/c1-9-12(22-10(2)16-9)8-19-6-4-5-11(7-19)15(3)13(20)17-14(21)18-15/h11H,4-8H2,1-3H3,(H2,17,18,20,21)/t11-,15+/m1/s1. The number of amides is 3. The Morgan fingerprint density at radius 3 is 2.77 bits per heavy atom. The van der Waals surface area contributed by atoms with Crippen molar-refractivity contribution in [2.24, 2.45) is 5.92 Å². The largest absolute Gasteiger partial charge is 0.323 e. The number of carbonyl (C=O) groups is 2. The molecule has 7 heteroatoms. The fraction of sp³-hybridized carbons (Fsp3) is 0.667. The lowest BCUT2D eigenvalue weighted by atomic mass is 9.80. The van der Waals surface area contributed by atoms with Crippen molar-refractivity contribution in [1.82, 2.24) is 20.5 Å². The van der Waals surface area contributed by atoms with Gasteiger partial charge in [0.15, 0.2) is 0 Å². The van der Waals surface area contributed by atoms with Crippen LogP contribution in [0.5, 0.6) is 0 Å². The van der Waals surface area contributed by atoms with Crippen LogP contribution >= 0.6 is 11.3 Å². The summed E-state index contributed by atoms with van der Waals surface area (Å²) in [6.45, 7) is 8.63. The Bertz CT molecular complexity index is 615. The summed E-state index contributed by atoms with van der Waals surface area (Å²) in [5.74, 6) is -0.0591. The maximum absolute atomic E-state index is 12.1. The molecular weight excluding hydrogens is 300 g/mol. The van der Waals surface area contributed by atoms with Gasteiger partial charge in [-0.05, 0) is 40.2 Å². The molecule has 3 amide bonds. The number of aryl methyl sites for hydroxylation is 2. The summed E-state index contributed by atoms with van der Waals surface area (Å²) in [7, 11) is 0. The van der Waals surface area contributed by atoms with E-state index in [1.165, 1.54) is 4.88 Å². The number of thiazole rings is 1. The molecule has 0 radical (unpaired) electrons. The van der Waals surface area contributed by atoms with Crippen LogP contribution in [0.4, 0.5) is 4.79 Å². The summed E-state index contributed by atoms with van der Waals surface area (Å²) in [5, 5.41) is 6.27. The van der Waals surface area contributed by atoms with Gasteiger partial charge >= 0.3 is 6.03 Å². The highest BCUT2D eigenvalue weighted by Crippen LogP contribution is 2.31. The first-order valence-corrected chi connectivity index (χ1v) is 8.49. The lowest BCUT2D eigenvalue weighted by Gasteiger charge is -2.39. The van der Waals surface area contributed by atoms with Crippen molar-refractivity contribution in [3.8, 4) is 0 Å². The molecule has 0 aromatic carbocycles. The molecule has 6 nitrogen and oxygen atoms in total. The van der Waals surface area contributed by atoms with Gasteiger partial charge in [-0.1, -0.05) is 0 Å². The van der Waals surface area contributed by atoms with E-state index in [9.17, 15) is 9.59 Å². The zero-order chi connectivity index (χ0) is 15.9. The summed E-state index contributed by atoms with van der Waals surface area (Å²) < 4.78 is 0. The van der Waals surface area contributed by atoms with Crippen LogP contribution in [-0.2, 0) is 11.3 Å². The summed E-state index contributed by atoms with van der Waals surface area (Å²) in [5.41, 5.74) is 0.316. The first kappa shape index (κ1) is 15.4. The Hall–Kier alpha value is -1.47. The van der Waals surface area contributed by atoms with E-state index in [0.717, 1.165) is 43.2 Å². The number of nitrogens with one attached hydrogen (secondary N) is 2. The SMILES string of the molecule is Cc1nc(C)c(CN2CCC[C@@H]([C@]3(C)NC(=O)NC3=O)C2)s1. The number of rotatable bonds is 3. The third-order valence-electron chi connectivity index (χ3n) is 4.76. The normalized spacial score (nSPS) is 29.5. The fourth-order valence-electron chi connectivity index (χ4n) is 3.44. The van der Waals surface area contributed by atoms with Gasteiger partial charge in [0.1, 0.15) is 5.54 Å². The van der Waals surface area contributed by atoms with Gasteiger partial charge in [-0.2, -0.15) is 0 Å². The highest BCUT2D eigenvalue weighted by molar-refractivity contribution is 7.11. The van der Waals surface area contributed by atoms with E-state index in [1.54, 1.807) is 11.3 Å². The van der Waals surface area contributed by atoms with Crippen LogP contribution in [0.1, 0.15) is 35.3 Å². The number of piperidine rings is 1. The third-order valence-corrected chi connectivity index (χ3v) is 5.82. The van der Waals surface area contributed by atoms with E-state index in [1.807, 2.05) is 20.8 Å². The third kappa shape index (κ3) is 2.75. The average Bonchev–Trinajstić information content (AvgIpc) is 2.90. The van der Waals surface area contributed by atoms with Crippen LogP contribution in [-0.4, -0.2) is 40.5 Å². The van der Waals surface area contributed by atoms with Gasteiger partial charge in [0, 0.05) is 23.9 Å². The zero-order valence-electron chi connectivity index (χ0n) is 13.2. The van der Waals surface area contributed by atoms with Gasteiger partial charge in [-0.3, -0.25) is 15.0 Å². The van der Waals surface area contributed by atoms with Gasteiger partial charge in [-0.25, -0.2) is 9.78 Å². The summed E-state index contributed by atoms with van der Waals surface area (Å²) in [6, 6.07) is -0.376. The minimum absolute atomic E-state index is 0.141. The zero-order valence-corrected chi connectivity index (χ0v) is 14.0. The first-order chi connectivity index (χ1) is 10.4. The van der Waals surface area contributed by atoms with Crippen LogP contribution in [0, 0.1) is 19.8 Å². The topological polar surface area (TPSA) is 74.3 Å². The second kappa shape index (κ2) is 5.62. The van der Waals surface area contributed by atoms with Crippen LogP contribution in [0.15, 0.2) is 0 Å². The highest BCUT2D eigenvalue weighted by atomic mass is 32.1. The molecule has 0 saturated carbocycles. The van der Waals surface area contributed by atoms with Gasteiger partial charge in [0.2, 0.25) is 0 Å². The predicted molar refractivity (Wildman–Crippen MR) is 84.7 cm³/mol. The van der Waals surface area contributed by atoms with Crippen LogP contribution in [0.3, 0.4) is 0 Å². The molecule has 1 aromatic rings. The molecule has 0 bridgehead atoms. The number of carbonyl (C=O) groups excluding carboxylic acids is 2. The Labute approximate surface area is 134 Å². The molecule has 2 fully saturated rings.